The number of allylic oxidation sites excluding steroid dienone is 7. The zero-order chi connectivity index (χ0) is 49.3. The minimum Gasteiger partial charge on any atom is -0.461 e. The van der Waals surface area contributed by atoms with Gasteiger partial charge in [-0.25, -0.2) is 4.79 Å². The fraction of sp³-hybridized carbons (Fsp3) is 0.778. The molecule has 3 fully saturated rings. The molecule has 13 heteroatoms. The molecule has 2 bridgehead atoms. The van der Waals surface area contributed by atoms with Gasteiger partial charge in [0.05, 0.1) is 31.5 Å². The molecule has 0 aromatic carbocycles. The minimum atomic E-state index is -2.31. The molecule has 4 rings (SSSR count). The molecule has 2 N–H and O–H groups in total. The van der Waals surface area contributed by atoms with Gasteiger partial charge in [-0.3, -0.25) is 14.4 Å². The van der Waals surface area contributed by atoms with Crippen molar-refractivity contribution >= 4 is 23.4 Å². The third-order valence-corrected chi connectivity index (χ3v) is 14.9. The van der Waals surface area contributed by atoms with Crippen LogP contribution in [0, 0.1) is 35.5 Å². The van der Waals surface area contributed by atoms with E-state index in [9.17, 15) is 29.4 Å². The van der Waals surface area contributed by atoms with Crippen LogP contribution < -0.4 is 0 Å². The number of fused-ring (bicyclic) bond motifs is 3. The predicted molar refractivity (Wildman–Crippen MR) is 259 cm³/mol. The lowest BCUT2D eigenvalue weighted by Crippen LogP contribution is -2.60. The number of hydrogen-bond donors (Lipinski definition) is 2. The van der Waals surface area contributed by atoms with Crippen LogP contribution in [0.4, 0.5) is 0 Å². The molecule has 380 valence electrons. The summed E-state index contributed by atoms with van der Waals surface area (Å²) in [5.41, 5.74) is 1.72. The van der Waals surface area contributed by atoms with Crippen molar-refractivity contribution in [2.75, 3.05) is 40.6 Å². The van der Waals surface area contributed by atoms with Gasteiger partial charge in [-0.1, -0.05) is 76.6 Å². The highest BCUT2D eigenvalue weighted by Gasteiger charge is 2.52. The van der Waals surface area contributed by atoms with Gasteiger partial charge in [-0.15, -0.1) is 0 Å². The van der Waals surface area contributed by atoms with Crippen LogP contribution in [0.5, 0.6) is 0 Å². The van der Waals surface area contributed by atoms with E-state index >= 15 is 0 Å². The molecule has 1 amide bonds. The van der Waals surface area contributed by atoms with E-state index in [2.05, 4.69) is 19.9 Å². The molecule has 0 aromatic rings. The average Bonchev–Trinajstić information content (AvgIpc) is 3.31. The lowest BCUT2D eigenvalue weighted by atomic mass is 9.78. The SMILES string of the molecule is CCOCCO[C@@H]1CC[C@@H](C[C@@H](C)[C@@H]2CC[C@H](C)/C=C(\C)[C@@H](O)[C@@H](OC)C(=O)[C@H](C)C[C@H](C)/C=C/C=C/C=C(\C)CC[C@@H]3CC[C@@H](C)[C@@](O)(O3)C(=O)C(=O)N3CCCC[C@H]3C(=O)O2)C[C@H]1OC. The summed E-state index contributed by atoms with van der Waals surface area (Å²) in [6.07, 6.45) is 17.7. The number of carbonyl (C=O) groups is 4. The number of carbonyl (C=O) groups excluding carboxylic acids is 4. The smallest absolute Gasteiger partial charge is 0.329 e. The zero-order valence-corrected chi connectivity index (χ0v) is 42.6. The number of methoxy groups -OCH3 is 2. The molecule has 67 heavy (non-hydrogen) atoms. The molecular formula is C54H87NO12. The Morgan fingerprint density at radius 3 is 2.33 bits per heavy atom. The van der Waals surface area contributed by atoms with E-state index in [0.29, 0.717) is 95.5 Å². The first-order valence-corrected chi connectivity index (χ1v) is 25.5. The van der Waals surface area contributed by atoms with Crippen molar-refractivity contribution in [1.82, 2.24) is 4.90 Å². The Hall–Kier alpha value is -3.04. The van der Waals surface area contributed by atoms with Crippen molar-refractivity contribution in [1.29, 1.82) is 0 Å². The maximum absolute atomic E-state index is 14.5. The monoisotopic (exact) mass is 942 g/mol. The first-order valence-electron chi connectivity index (χ1n) is 25.5. The number of rotatable bonds is 10. The van der Waals surface area contributed by atoms with Crippen molar-refractivity contribution in [2.45, 2.75) is 194 Å². The van der Waals surface area contributed by atoms with Crippen LogP contribution in [0.15, 0.2) is 47.6 Å². The van der Waals surface area contributed by atoms with Crippen molar-refractivity contribution in [3.63, 3.8) is 0 Å². The highest BCUT2D eigenvalue weighted by Crippen LogP contribution is 2.38. The van der Waals surface area contributed by atoms with Gasteiger partial charge in [-0.05, 0) is 140 Å². The summed E-state index contributed by atoms with van der Waals surface area (Å²) in [6, 6.07) is -0.990. The van der Waals surface area contributed by atoms with Crippen LogP contribution in [0.3, 0.4) is 0 Å². The summed E-state index contributed by atoms with van der Waals surface area (Å²) in [4.78, 5) is 57.9. The lowest BCUT2D eigenvalue weighted by molar-refractivity contribution is -0.263. The first kappa shape index (κ1) is 56.5. The number of ether oxygens (including phenoxy) is 6. The Balaban J connectivity index is 1.62. The number of esters is 1. The van der Waals surface area contributed by atoms with Crippen molar-refractivity contribution in [2.24, 2.45) is 35.5 Å². The summed E-state index contributed by atoms with van der Waals surface area (Å²) in [5.74, 6) is -5.67. The average molecular weight is 942 g/mol. The number of cyclic esters (lactones) is 1. The van der Waals surface area contributed by atoms with Crippen LogP contribution >= 0.6 is 0 Å². The zero-order valence-electron chi connectivity index (χ0n) is 42.6. The number of amides is 1. The van der Waals surface area contributed by atoms with Crippen LogP contribution in [0.2, 0.25) is 0 Å². The van der Waals surface area contributed by atoms with E-state index < -0.39 is 59.8 Å². The third kappa shape index (κ3) is 16.5. The molecule has 14 atom stereocenters. The van der Waals surface area contributed by atoms with E-state index in [1.54, 1.807) is 14.0 Å². The van der Waals surface area contributed by atoms with E-state index in [0.717, 1.165) is 31.3 Å². The number of hydrogen-bond acceptors (Lipinski definition) is 12. The predicted octanol–water partition coefficient (Wildman–Crippen LogP) is 8.44. The number of piperidine rings is 1. The van der Waals surface area contributed by atoms with Gasteiger partial charge >= 0.3 is 5.97 Å². The van der Waals surface area contributed by atoms with Gasteiger partial charge in [0.2, 0.25) is 5.79 Å². The summed E-state index contributed by atoms with van der Waals surface area (Å²) in [7, 11) is 3.18. The minimum absolute atomic E-state index is 0.0271. The first-order chi connectivity index (χ1) is 31.9. The Morgan fingerprint density at radius 1 is 0.851 bits per heavy atom. The largest absolute Gasteiger partial charge is 0.461 e. The number of ketones is 2. The highest BCUT2D eigenvalue weighted by molar-refractivity contribution is 6.39. The fourth-order valence-corrected chi connectivity index (χ4v) is 10.6. The molecule has 0 unspecified atom stereocenters. The Labute approximate surface area is 402 Å². The number of Topliss-reactive ketones (excluding diaryl/α,β-unsaturated/α-hetero) is 2. The second kappa shape index (κ2) is 28.0. The van der Waals surface area contributed by atoms with Crippen molar-refractivity contribution < 1.29 is 57.8 Å². The second-order valence-electron chi connectivity index (χ2n) is 20.4. The topological polar surface area (TPSA) is 167 Å². The Morgan fingerprint density at radius 2 is 1.61 bits per heavy atom. The van der Waals surface area contributed by atoms with Crippen LogP contribution in [-0.2, 0) is 47.6 Å². The van der Waals surface area contributed by atoms with Crippen LogP contribution in [0.1, 0.15) is 145 Å². The molecular weight excluding hydrogens is 855 g/mol. The summed E-state index contributed by atoms with van der Waals surface area (Å²) in [5, 5.41) is 23.4. The number of aliphatic hydroxyl groups is 2. The maximum atomic E-state index is 14.5. The molecule has 13 nitrogen and oxygen atoms in total. The number of aliphatic hydroxyl groups excluding tert-OH is 1. The van der Waals surface area contributed by atoms with Crippen molar-refractivity contribution in [3.8, 4) is 0 Å². The molecule has 0 radical (unpaired) electrons. The van der Waals surface area contributed by atoms with E-state index in [4.69, 9.17) is 28.4 Å². The van der Waals surface area contributed by atoms with Crippen molar-refractivity contribution in [3.05, 3.63) is 47.6 Å². The molecule has 1 aliphatic carbocycles. The molecule has 0 spiro atoms. The van der Waals surface area contributed by atoms with E-state index in [-0.39, 0.29) is 48.2 Å². The number of nitrogens with zero attached hydrogens (tertiary/aromatic N) is 1. The fourth-order valence-electron chi connectivity index (χ4n) is 10.6. The van der Waals surface area contributed by atoms with Crippen LogP contribution in [0.25, 0.3) is 0 Å². The van der Waals surface area contributed by atoms with Gasteiger partial charge in [0.1, 0.15) is 24.4 Å². The highest BCUT2D eigenvalue weighted by atomic mass is 16.6. The quantitative estimate of drug-likeness (QED) is 0.0930. The normalized spacial score (nSPS) is 38.4. The Kier molecular flexibility index (Phi) is 23.6. The standard InChI is InChI=1S/C54H87NO12/c1-11-64-29-30-65-46-27-23-42(34-47(46)62-9)33-38(5)45-26-21-37(4)32-40(7)49(57)50(63-10)48(56)39(6)31-36(3)18-14-12-13-17-35(2)20-24-43-25-22-41(8)54(61,67-43)51(58)52(59)55-28-16-15-19-44(55)53(60)66-45/h12-14,17-18,32,36-39,41-47,49-50,57,61H,11,15-16,19-31,33-34H2,1-10H3/b13-12+,18-14+,35-17+,40-32+/t36-,37+,38-,39-,41-,42+,43-,44+,45+,46-,47-,49-,50+,54-/m1/s1. The summed E-state index contributed by atoms with van der Waals surface area (Å²) < 4.78 is 35.9. The summed E-state index contributed by atoms with van der Waals surface area (Å²) >= 11 is 0. The van der Waals surface area contributed by atoms with E-state index in [1.165, 1.54) is 12.0 Å². The summed E-state index contributed by atoms with van der Waals surface area (Å²) in [6.45, 7) is 17.5. The molecule has 4 aliphatic rings. The van der Waals surface area contributed by atoms with Gasteiger partial charge in [0.25, 0.3) is 11.7 Å². The second-order valence-corrected chi connectivity index (χ2v) is 20.4. The third-order valence-electron chi connectivity index (χ3n) is 14.9. The molecule has 3 heterocycles. The molecule has 2 saturated heterocycles. The van der Waals surface area contributed by atoms with Gasteiger partial charge in [0, 0.05) is 39.2 Å². The van der Waals surface area contributed by atoms with E-state index in [1.807, 2.05) is 65.0 Å². The molecule has 1 saturated carbocycles. The molecule has 0 aromatic heterocycles. The van der Waals surface area contributed by atoms with Gasteiger partial charge in [-0.2, -0.15) is 0 Å². The maximum Gasteiger partial charge on any atom is 0.329 e. The lowest BCUT2D eigenvalue weighted by Gasteiger charge is -2.42. The van der Waals surface area contributed by atoms with Gasteiger partial charge in [0.15, 0.2) is 5.78 Å². The van der Waals surface area contributed by atoms with Crippen LogP contribution in [-0.4, -0.2) is 128 Å². The Bertz CT molecular complexity index is 1710. The molecule has 3 aliphatic heterocycles. The van der Waals surface area contributed by atoms with Gasteiger partial charge < -0.3 is 43.5 Å².